The Labute approximate surface area is 155 Å². The van der Waals surface area contributed by atoms with Crippen molar-refractivity contribution in [2.75, 3.05) is 5.32 Å². The van der Waals surface area contributed by atoms with Crippen LogP contribution in [0.4, 0.5) is 14.6 Å². The van der Waals surface area contributed by atoms with Crippen molar-refractivity contribution >= 4 is 11.7 Å². The Morgan fingerprint density at radius 1 is 1.07 bits per heavy atom. The van der Waals surface area contributed by atoms with E-state index in [-0.39, 0.29) is 12.3 Å². The van der Waals surface area contributed by atoms with Gasteiger partial charge in [-0.05, 0) is 43.0 Å². The van der Waals surface area contributed by atoms with Crippen LogP contribution in [-0.4, -0.2) is 15.9 Å². The predicted molar refractivity (Wildman–Crippen MR) is 98.3 cm³/mol. The summed E-state index contributed by atoms with van der Waals surface area (Å²) in [6.45, 7) is 1.79. The second-order valence-corrected chi connectivity index (χ2v) is 6.58. The zero-order chi connectivity index (χ0) is 19.0. The molecule has 0 fully saturated rings. The highest BCUT2D eigenvalue weighted by atomic mass is 19.2. The molecular weight excluding hydrogens is 348 g/mol. The molecule has 136 valence electrons. The Morgan fingerprint density at radius 3 is 2.70 bits per heavy atom. The first-order valence-corrected chi connectivity index (χ1v) is 8.71. The number of carbonyl (C=O) groups is 1. The molecule has 0 aliphatic heterocycles. The van der Waals surface area contributed by atoms with Gasteiger partial charge >= 0.3 is 0 Å². The highest BCUT2D eigenvalue weighted by molar-refractivity contribution is 5.92. The Hall–Kier alpha value is -3.15. The van der Waals surface area contributed by atoms with Crippen LogP contribution in [-0.2, 0) is 24.1 Å². The summed E-state index contributed by atoms with van der Waals surface area (Å²) in [5.74, 6) is -1.85. The number of hydrogen-bond acceptors (Lipinski definition) is 3. The van der Waals surface area contributed by atoms with Crippen molar-refractivity contribution in [1.29, 1.82) is 0 Å². The first kappa shape index (κ1) is 17.3. The fourth-order valence-electron chi connectivity index (χ4n) is 3.30. The van der Waals surface area contributed by atoms with Gasteiger partial charge in [0.1, 0.15) is 0 Å². The monoisotopic (exact) mass is 365 g/mol. The maximum Gasteiger partial charge on any atom is 0.229 e. The largest absolute Gasteiger partial charge is 0.309 e. The lowest BCUT2D eigenvalue weighted by molar-refractivity contribution is -0.115. The molecule has 2 aromatic carbocycles. The number of nitrogens with zero attached hydrogens (tertiary/aromatic N) is 2. The van der Waals surface area contributed by atoms with Crippen LogP contribution in [0.3, 0.4) is 0 Å². The summed E-state index contributed by atoms with van der Waals surface area (Å²) in [6.07, 6.45) is 1.56. The summed E-state index contributed by atoms with van der Waals surface area (Å²) in [5, 5.41) is 2.74. The fourth-order valence-corrected chi connectivity index (χ4v) is 3.30. The van der Waals surface area contributed by atoms with E-state index in [2.05, 4.69) is 21.4 Å². The molecule has 1 aromatic heterocycles. The number of rotatable bonds is 3. The number of fused-ring (bicyclic) bond motifs is 3. The summed E-state index contributed by atoms with van der Waals surface area (Å²) in [6, 6.07) is 11.5. The number of benzene rings is 2. The molecular formula is C21H17F2N3O. The van der Waals surface area contributed by atoms with Gasteiger partial charge in [0.2, 0.25) is 5.91 Å². The number of hydrogen-bond donors (Lipinski definition) is 1. The van der Waals surface area contributed by atoms with Crippen molar-refractivity contribution in [2.24, 2.45) is 0 Å². The van der Waals surface area contributed by atoms with Gasteiger partial charge in [-0.15, -0.1) is 0 Å². The van der Waals surface area contributed by atoms with E-state index < -0.39 is 11.6 Å². The quantitative estimate of drug-likeness (QED) is 0.763. The second kappa shape index (κ2) is 6.87. The van der Waals surface area contributed by atoms with Gasteiger partial charge in [0.05, 0.1) is 23.5 Å². The molecule has 6 heteroatoms. The fraction of sp³-hybridized carbons (Fsp3) is 0.190. The number of halogens is 2. The van der Waals surface area contributed by atoms with E-state index >= 15 is 0 Å². The summed E-state index contributed by atoms with van der Waals surface area (Å²) >= 11 is 0. The van der Waals surface area contributed by atoms with Gasteiger partial charge in [0.15, 0.2) is 17.5 Å². The van der Waals surface area contributed by atoms with Crippen molar-refractivity contribution < 1.29 is 13.6 Å². The highest BCUT2D eigenvalue weighted by Gasteiger charge is 2.20. The van der Waals surface area contributed by atoms with Crippen molar-refractivity contribution in [3.63, 3.8) is 0 Å². The standard InChI is InChI=1S/C21H17F2N3O/c1-12-21(26-19(27)11-13-6-8-16(22)17(23)10-13)25-18-9-7-14-4-2-3-5-15(14)20(18)24-12/h2-6,8,10H,7,9,11H2,1H3,(H,25,26,27). The number of aromatic nitrogens is 2. The molecule has 1 aliphatic carbocycles. The Bertz CT molecular complexity index is 1050. The van der Waals surface area contributed by atoms with E-state index in [0.29, 0.717) is 17.1 Å². The number of aryl methyl sites for hydroxylation is 3. The molecule has 0 spiro atoms. The lowest BCUT2D eigenvalue weighted by Crippen LogP contribution is -2.19. The summed E-state index contributed by atoms with van der Waals surface area (Å²) in [4.78, 5) is 21.6. The maximum atomic E-state index is 13.3. The van der Waals surface area contributed by atoms with Gasteiger partial charge < -0.3 is 5.32 Å². The number of nitrogens with one attached hydrogen (secondary N) is 1. The zero-order valence-corrected chi connectivity index (χ0v) is 14.7. The number of anilines is 1. The van der Waals surface area contributed by atoms with E-state index in [1.54, 1.807) is 6.92 Å². The van der Waals surface area contributed by atoms with Gasteiger partial charge in [-0.2, -0.15) is 0 Å². The van der Waals surface area contributed by atoms with Gasteiger partial charge in [0.25, 0.3) is 0 Å². The summed E-state index contributed by atoms with van der Waals surface area (Å²) < 4.78 is 26.3. The maximum absolute atomic E-state index is 13.3. The lowest BCUT2D eigenvalue weighted by Gasteiger charge is -2.20. The van der Waals surface area contributed by atoms with Crippen LogP contribution in [0.5, 0.6) is 0 Å². The molecule has 3 aromatic rings. The van der Waals surface area contributed by atoms with E-state index in [9.17, 15) is 13.6 Å². The second-order valence-electron chi connectivity index (χ2n) is 6.58. The van der Waals surface area contributed by atoms with E-state index in [1.807, 2.05) is 18.2 Å². The lowest BCUT2D eigenvalue weighted by atomic mass is 9.92. The Morgan fingerprint density at radius 2 is 1.89 bits per heavy atom. The zero-order valence-electron chi connectivity index (χ0n) is 14.7. The topological polar surface area (TPSA) is 54.9 Å². The molecule has 0 atom stereocenters. The van der Waals surface area contributed by atoms with Gasteiger partial charge in [-0.3, -0.25) is 4.79 Å². The van der Waals surface area contributed by atoms with Crippen LogP contribution in [0.2, 0.25) is 0 Å². The first-order chi connectivity index (χ1) is 13.0. The minimum Gasteiger partial charge on any atom is -0.309 e. The normalized spacial score (nSPS) is 12.3. The minimum atomic E-state index is -0.969. The third-order valence-corrected chi connectivity index (χ3v) is 4.65. The van der Waals surface area contributed by atoms with E-state index in [0.717, 1.165) is 41.9 Å². The Balaban J connectivity index is 1.56. The first-order valence-electron chi connectivity index (χ1n) is 8.71. The molecule has 4 rings (SSSR count). The molecule has 0 unspecified atom stereocenters. The average Bonchev–Trinajstić information content (AvgIpc) is 2.65. The highest BCUT2D eigenvalue weighted by Crippen LogP contribution is 2.32. The third-order valence-electron chi connectivity index (χ3n) is 4.65. The van der Waals surface area contributed by atoms with Crippen LogP contribution in [0, 0.1) is 18.6 Å². The molecule has 27 heavy (non-hydrogen) atoms. The van der Waals surface area contributed by atoms with E-state index in [1.165, 1.54) is 11.6 Å². The molecule has 0 saturated carbocycles. The van der Waals surface area contributed by atoms with Crippen molar-refractivity contribution in [3.05, 3.63) is 76.6 Å². The van der Waals surface area contributed by atoms with Crippen LogP contribution in [0.25, 0.3) is 11.3 Å². The molecule has 0 saturated heterocycles. The van der Waals surface area contributed by atoms with Crippen LogP contribution < -0.4 is 5.32 Å². The minimum absolute atomic E-state index is 0.0712. The van der Waals surface area contributed by atoms with Gasteiger partial charge in [0, 0.05) is 5.56 Å². The van der Waals surface area contributed by atoms with Crippen LogP contribution >= 0.6 is 0 Å². The van der Waals surface area contributed by atoms with E-state index in [4.69, 9.17) is 0 Å². The molecule has 1 amide bonds. The SMILES string of the molecule is Cc1nc2c(nc1NC(=O)Cc1ccc(F)c(F)c1)CCc1ccccc1-2. The van der Waals surface area contributed by atoms with Crippen molar-refractivity contribution in [1.82, 2.24) is 9.97 Å². The number of amides is 1. The molecule has 1 N–H and O–H groups in total. The number of carbonyl (C=O) groups excluding carboxylic acids is 1. The van der Waals surface area contributed by atoms with Crippen molar-refractivity contribution in [3.8, 4) is 11.3 Å². The molecule has 1 aliphatic rings. The molecule has 4 nitrogen and oxygen atoms in total. The van der Waals surface area contributed by atoms with Crippen LogP contribution in [0.1, 0.15) is 22.5 Å². The molecule has 0 radical (unpaired) electrons. The smallest absolute Gasteiger partial charge is 0.229 e. The predicted octanol–water partition coefficient (Wildman–Crippen LogP) is 4.01. The summed E-state index contributed by atoms with van der Waals surface area (Å²) in [5.41, 5.74) is 5.03. The summed E-state index contributed by atoms with van der Waals surface area (Å²) in [7, 11) is 0. The van der Waals surface area contributed by atoms with Crippen molar-refractivity contribution in [2.45, 2.75) is 26.2 Å². The average molecular weight is 365 g/mol. The van der Waals surface area contributed by atoms with Crippen LogP contribution in [0.15, 0.2) is 42.5 Å². The molecule has 1 heterocycles. The Kier molecular flexibility index (Phi) is 4.39. The third kappa shape index (κ3) is 3.43. The van der Waals surface area contributed by atoms with Gasteiger partial charge in [-0.25, -0.2) is 18.7 Å². The van der Waals surface area contributed by atoms with Gasteiger partial charge in [-0.1, -0.05) is 30.3 Å². The molecule has 0 bridgehead atoms.